The molecule has 3 rings (SSSR count). The Morgan fingerprint density at radius 3 is 2.74 bits per heavy atom. The number of nitrogens with zero attached hydrogens (tertiary/aromatic N) is 2. The molecule has 1 fully saturated rings. The molecule has 0 amide bonds. The summed E-state index contributed by atoms with van der Waals surface area (Å²) in [4.78, 5) is 6.90. The molecule has 1 saturated heterocycles. The van der Waals surface area contributed by atoms with Crippen molar-refractivity contribution in [2.24, 2.45) is 4.99 Å². The molecule has 1 heterocycles. The highest BCUT2D eigenvalue weighted by atomic mass is 127. The average Bonchev–Trinajstić information content (AvgIpc) is 3.12. The van der Waals surface area contributed by atoms with Gasteiger partial charge in [-0.05, 0) is 43.2 Å². The molecule has 7 heteroatoms. The Morgan fingerprint density at radius 2 is 2.04 bits per heavy atom. The van der Waals surface area contributed by atoms with Crippen LogP contribution in [-0.4, -0.2) is 36.7 Å². The van der Waals surface area contributed by atoms with Gasteiger partial charge in [0.1, 0.15) is 0 Å². The van der Waals surface area contributed by atoms with Crippen LogP contribution in [0.3, 0.4) is 0 Å². The van der Waals surface area contributed by atoms with E-state index in [4.69, 9.17) is 0 Å². The Labute approximate surface area is 176 Å². The molecule has 3 N–H and O–H groups in total. The summed E-state index contributed by atoms with van der Waals surface area (Å²) in [6, 6.07) is 15.0. The predicted octanol–water partition coefficient (Wildman–Crippen LogP) is 3.48. The largest absolute Gasteiger partial charge is 0.505 e. The molecule has 1 atom stereocenters. The summed E-state index contributed by atoms with van der Waals surface area (Å²) in [5.74, 6) is -0.236. The Balaban J connectivity index is 0.00000261. The van der Waals surface area contributed by atoms with Gasteiger partial charge < -0.3 is 20.6 Å². The zero-order valence-electron chi connectivity index (χ0n) is 15.4. The summed E-state index contributed by atoms with van der Waals surface area (Å²) in [7, 11) is 0. The van der Waals surface area contributed by atoms with Crippen LogP contribution in [0.2, 0.25) is 0 Å². The van der Waals surface area contributed by atoms with Gasteiger partial charge in [0, 0.05) is 31.4 Å². The van der Waals surface area contributed by atoms with Crippen LogP contribution in [0.15, 0.2) is 53.5 Å². The number of halogens is 2. The Hall–Kier alpha value is -2.03. The number of guanidine groups is 1. The normalized spacial score (nSPS) is 16.7. The SMILES string of the molecule is CCNC(=NCc1ccc(O)c(F)c1)NC1CCN(c2ccccc2)C1.I. The monoisotopic (exact) mass is 484 g/mol. The van der Waals surface area contributed by atoms with Crippen LogP contribution < -0.4 is 15.5 Å². The second kappa shape index (κ2) is 10.3. The minimum atomic E-state index is -0.620. The number of aliphatic imine (C=N–C) groups is 1. The number of para-hydroxylation sites is 1. The molecule has 1 aliphatic rings. The Morgan fingerprint density at radius 1 is 1.26 bits per heavy atom. The molecule has 2 aromatic carbocycles. The second-order valence-corrected chi connectivity index (χ2v) is 6.39. The zero-order chi connectivity index (χ0) is 18.4. The lowest BCUT2D eigenvalue weighted by atomic mass is 10.2. The summed E-state index contributed by atoms with van der Waals surface area (Å²) in [5, 5.41) is 16.0. The van der Waals surface area contributed by atoms with E-state index in [2.05, 4.69) is 44.8 Å². The highest BCUT2D eigenvalue weighted by molar-refractivity contribution is 14.0. The van der Waals surface area contributed by atoms with Crippen molar-refractivity contribution in [2.75, 3.05) is 24.5 Å². The van der Waals surface area contributed by atoms with E-state index in [0.717, 1.165) is 37.6 Å². The lowest BCUT2D eigenvalue weighted by Crippen LogP contribution is -2.44. The molecular weight excluding hydrogens is 458 g/mol. The van der Waals surface area contributed by atoms with Crippen LogP contribution in [-0.2, 0) is 6.54 Å². The molecule has 0 spiro atoms. The van der Waals surface area contributed by atoms with Crippen molar-refractivity contribution in [3.63, 3.8) is 0 Å². The molecule has 0 saturated carbocycles. The highest BCUT2D eigenvalue weighted by Crippen LogP contribution is 2.20. The first-order chi connectivity index (χ1) is 12.7. The molecular formula is C20H26FIN4O. The van der Waals surface area contributed by atoms with Gasteiger partial charge in [-0.25, -0.2) is 9.38 Å². The Kier molecular flexibility index (Phi) is 8.15. The summed E-state index contributed by atoms with van der Waals surface area (Å²) >= 11 is 0. The van der Waals surface area contributed by atoms with Gasteiger partial charge in [-0.1, -0.05) is 24.3 Å². The first-order valence-corrected chi connectivity index (χ1v) is 8.98. The van der Waals surface area contributed by atoms with E-state index in [-0.39, 0.29) is 29.7 Å². The van der Waals surface area contributed by atoms with E-state index in [0.29, 0.717) is 12.6 Å². The molecule has 0 aromatic heterocycles. The van der Waals surface area contributed by atoms with Gasteiger partial charge in [0.2, 0.25) is 0 Å². The molecule has 1 aliphatic heterocycles. The summed E-state index contributed by atoms with van der Waals surface area (Å²) < 4.78 is 13.4. The van der Waals surface area contributed by atoms with Gasteiger partial charge in [-0.15, -0.1) is 24.0 Å². The van der Waals surface area contributed by atoms with Gasteiger partial charge in [-0.2, -0.15) is 0 Å². The maximum Gasteiger partial charge on any atom is 0.191 e. The minimum Gasteiger partial charge on any atom is -0.505 e. The molecule has 2 aromatic rings. The summed E-state index contributed by atoms with van der Waals surface area (Å²) in [6.07, 6.45) is 1.03. The van der Waals surface area contributed by atoms with E-state index in [1.807, 2.05) is 13.0 Å². The number of phenolic OH excluding ortho intramolecular Hbond substituents is 1. The van der Waals surface area contributed by atoms with Crippen LogP contribution in [0.5, 0.6) is 5.75 Å². The van der Waals surface area contributed by atoms with Crippen molar-refractivity contribution in [3.05, 3.63) is 59.9 Å². The third-order valence-corrected chi connectivity index (χ3v) is 4.43. The van der Waals surface area contributed by atoms with Gasteiger partial charge in [0.25, 0.3) is 0 Å². The second-order valence-electron chi connectivity index (χ2n) is 6.39. The van der Waals surface area contributed by atoms with Crippen molar-refractivity contribution < 1.29 is 9.50 Å². The lowest BCUT2D eigenvalue weighted by Gasteiger charge is -2.20. The van der Waals surface area contributed by atoms with Crippen LogP contribution in [0.1, 0.15) is 18.9 Å². The van der Waals surface area contributed by atoms with E-state index in [1.54, 1.807) is 6.07 Å². The van der Waals surface area contributed by atoms with Crippen molar-refractivity contribution >= 4 is 35.6 Å². The van der Waals surface area contributed by atoms with Gasteiger partial charge in [-0.3, -0.25) is 0 Å². The third kappa shape index (κ3) is 5.98. The number of phenols is 1. The van der Waals surface area contributed by atoms with E-state index < -0.39 is 5.82 Å². The maximum absolute atomic E-state index is 13.4. The lowest BCUT2D eigenvalue weighted by molar-refractivity contribution is 0.432. The topological polar surface area (TPSA) is 59.9 Å². The molecule has 146 valence electrons. The minimum absolute atomic E-state index is 0. The molecule has 1 unspecified atom stereocenters. The first kappa shape index (κ1) is 21.3. The predicted molar refractivity (Wildman–Crippen MR) is 118 cm³/mol. The fraction of sp³-hybridized carbons (Fsp3) is 0.350. The number of hydrogen-bond acceptors (Lipinski definition) is 3. The fourth-order valence-corrected chi connectivity index (χ4v) is 3.08. The molecule has 27 heavy (non-hydrogen) atoms. The number of hydrogen-bond donors (Lipinski definition) is 3. The van der Waals surface area contributed by atoms with Crippen LogP contribution >= 0.6 is 24.0 Å². The summed E-state index contributed by atoms with van der Waals surface area (Å²) in [5.41, 5.74) is 1.95. The number of nitrogens with one attached hydrogen (secondary N) is 2. The smallest absolute Gasteiger partial charge is 0.191 e. The quantitative estimate of drug-likeness (QED) is 0.346. The summed E-state index contributed by atoms with van der Waals surface area (Å²) in [6.45, 7) is 5.04. The van der Waals surface area contributed by atoms with Crippen LogP contribution in [0.25, 0.3) is 0 Å². The van der Waals surface area contributed by atoms with Crippen molar-refractivity contribution in [1.82, 2.24) is 10.6 Å². The molecule has 0 aliphatic carbocycles. The standard InChI is InChI=1S/C20H25FN4O.HI/c1-2-22-20(23-13-15-8-9-19(26)18(21)12-15)24-16-10-11-25(14-16)17-6-4-3-5-7-17;/h3-9,12,16,26H,2,10-11,13-14H2,1H3,(H2,22,23,24);1H. The van der Waals surface area contributed by atoms with E-state index in [1.165, 1.54) is 17.8 Å². The highest BCUT2D eigenvalue weighted by Gasteiger charge is 2.23. The van der Waals surface area contributed by atoms with Crippen molar-refractivity contribution in [2.45, 2.75) is 25.9 Å². The molecule has 0 radical (unpaired) electrons. The Bertz CT molecular complexity index is 757. The number of aromatic hydroxyl groups is 1. The molecule has 5 nitrogen and oxygen atoms in total. The van der Waals surface area contributed by atoms with Crippen molar-refractivity contribution in [1.29, 1.82) is 0 Å². The van der Waals surface area contributed by atoms with Gasteiger partial charge in [0.05, 0.1) is 6.54 Å². The first-order valence-electron chi connectivity index (χ1n) is 8.98. The third-order valence-electron chi connectivity index (χ3n) is 4.43. The van der Waals surface area contributed by atoms with Crippen LogP contribution in [0.4, 0.5) is 10.1 Å². The maximum atomic E-state index is 13.4. The van der Waals surface area contributed by atoms with E-state index >= 15 is 0 Å². The van der Waals surface area contributed by atoms with Gasteiger partial charge >= 0.3 is 0 Å². The van der Waals surface area contributed by atoms with Crippen LogP contribution in [0, 0.1) is 5.82 Å². The molecule has 0 bridgehead atoms. The van der Waals surface area contributed by atoms with Gasteiger partial charge in [0.15, 0.2) is 17.5 Å². The average molecular weight is 484 g/mol. The fourth-order valence-electron chi connectivity index (χ4n) is 3.08. The number of anilines is 1. The van der Waals surface area contributed by atoms with Crippen molar-refractivity contribution in [3.8, 4) is 5.75 Å². The number of benzene rings is 2. The van der Waals surface area contributed by atoms with E-state index in [9.17, 15) is 9.50 Å². The zero-order valence-corrected chi connectivity index (χ0v) is 17.7. The number of rotatable bonds is 5.